The monoisotopic (exact) mass is 435 g/mol. The second-order valence-electron chi connectivity index (χ2n) is 7.92. The van der Waals surface area contributed by atoms with Crippen molar-refractivity contribution in [3.05, 3.63) is 93.5 Å². The van der Waals surface area contributed by atoms with E-state index < -0.39 is 5.56 Å². The first-order valence-electron chi connectivity index (χ1n) is 10.6. The van der Waals surface area contributed by atoms with E-state index in [0.717, 1.165) is 27.4 Å². The van der Waals surface area contributed by atoms with Crippen LogP contribution in [0.5, 0.6) is 5.88 Å². The fourth-order valence-corrected chi connectivity index (χ4v) is 4.16. The minimum atomic E-state index is -0.502. The maximum Gasteiger partial charge on any atom is 0.271 e. The van der Waals surface area contributed by atoms with Gasteiger partial charge in [0, 0.05) is 47.0 Å². The predicted octanol–water partition coefficient (Wildman–Crippen LogP) is 4.69. The number of nitrogens with zero attached hydrogens (tertiary/aromatic N) is 3. The van der Waals surface area contributed by atoms with Crippen LogP contribution in [-0.2, 0) is 13.0 Å². The lowest BCUT2D eigenvalue weighted by Gasteiger charge is -2.14. The first-order chi connectivity index (χ1) is 16.1. The van der Waals surface area contributed by atoms with Crippen LogP contribution in [0, 0.1) is 18.3 Å². The Morgan fingerprint density at radius 3 is 2.85 bits per heavy atom. The molecule has 2 aromatic carbocycles. The number of aromatic hydroxyl groups is 1. The third kappa shape index (κ3) is 3.58. The smallest absolute Gasteiger partial charge is 0.271 e. The van der Waals surface area contributed by atoms with Gasteiger partial charge in [0.1, 0.15) is 11.6 Å². The van der Waals surface area contributed by atoms with Gasteiger partial charge < -0.3 is 15.1 Å². The van der Waals surface area contributed by atoms with Crippen LogP contribution in [-0.4, -0.2) is 25.9 Å². The number of aryl methyl sites for hydroxylation is 1. The van der Waals surface area contributed by atoms with Crippen molar-refractivity contribution in [2.75, 3.05) is 0 Å². The predicted molar refractivity (Wildman–Crippen MR) is 129 cm³/mol. The van der Waals surface area contributed by atoms with Crippen LogP contribution in [0.15, 0.2) is 70.7 Å². The van der Waals surface area contributed by atoms with Gasteiger partial charge in [-0.3, -0.25) is 14.4 Å². The number of rotatable bonds is 5. The van der Waals surface area contributed by atoms with Gasteiger partial charge in [-0.1, -0.05) is 18.2 Å². The normalized spacial score (nSPS) is 11.5. The van der Waals surface area contributed by atoms with Crippen LogP contribution in [0.25, 0.3) is 21.8 Å². The van der Waals surface area contributed by atoms with Crippen LogP contribution in [0.1, 0.15) is 22.3 Å². The highest BCUT2D eigenvalue weighted by molar-refractivity contribution is 5.89. The molecule has 0 spiro atoms. The largest absolute Gasteiger partial charge is 0.494 e. The molecule has 5 aromatic rings. The number of H-pyrrole nitrogens is 2. The maximum atomic E-state index is 12.9. The van der Waals surface area contributed by atoms with Crippen molar-refractivity contribution in [2.45, 2.75) is 19.9 Å². The molecule has 0 radical (unpaired) electrons. The molecule has 0 unspecified atom stereocenters. The van der Waals surface area contributed by atoms with Gasteiger partial charge in [-0.15, -0.1) is 0 Å². The van der Waals surface area contributed by atoms with Crippen molar-refractivity contribution in [1.82, 2.24) is 14.5 Å². The highest BCUT2D eigenvalue weighted by Gasteiger charge is 2.18. The van der Waals surface area contributed by atoms with Crippen molar-refractivity contribution in [2.24, 2.45) is 4.99 Å². The molecular formula is C26H21N5O2. The average molecular weight is 435 g/mol. The molecule has 0 amide bonds. The highest BCUT2D eigenvalue weighted by atomic mass is 16.3. The SMILES string of the molecule is Cc1c(C=Nc2ccc3[nH]ccc3c2)c(O)n(CCc2c[nH]c3ccccc23)c(=O)c1C#N. The number of aliphatic imine (C=N–C) groups is 1. The molecule has 0 atom stereocenters. The summed E-state index contributed by atoms with van der Waals surface area (Å²) in [6, 6.07) is 17.6. The van der Waals surface area contributed by atoms with E-state index in [4.69, 9.17) is 0 Å². The molecule has 162 valence electrons. The molecule has 0 saturated heterocycles. The van der Waals surface area contributed by atoms with Crippen molar-refractivity contribution in [3.63, 3.8) is 0 Å². The minimum absolute atomic E-state index is 0.00858. The quantitative estimate of drug-likeness (QED) is 0.348. The molecule has 0 aliphatic heterocycles. The number of aromatic nitrogens is 3. The summed E-state index contributed by atoms with van der Waals surface area (Å²) in [5.41, 5.74) is 4.03. The van der Waals surface area contributed by atoms with Gasteiger partial charge >= 0.3 is 0 Å². The first kappa shape index (κ1) is 20.3. The molecule has 5 rings (SSSR count). The standard InChI is InChI=1S/C26H21N5O2/c1-16-21(13-27)25(32)31(11-9-18-14-30-24-5-3-2-4-20(18)24)26(33)22(16)15-29-19-6-7-23-17(12-19)8-10-28-23/h2-8,10,12,14-15,28,30,33H,9,11H2,1H3. The molecule has 33 heavy (non-hydrogen) atoms. The van der Waals surface area contributed by atoms with Gasteiger partial charge in [-0.05, 0) is 54.8 Å². The van der Waals surface area contributed by atoms with E-state index in [1.54, 1.807) is 6.92 Å². The van der Waals surface area contributed by atoms with Crippen LogP contribution in [0.3, 0.4) is 0 Å². The second-order valence-corrected chi connectivity index (χ2v) is 7.92. The number of benzene rings is 2. The van der Waals surface area contributed by atoms with Gasteiger partial charge in [0.05, 0.1) is 11.3 Å². The Morgan fingerprint density at radius 1 is 1.15 bits per heavy atom. The van der Waals surface area contributed by atoms with E-state index in [2.05, 4.69) is 15.0 Å². The van der Waals surface area contributed by atoms with Crippen molar-refractivity contribution < 1.29 is 5.11 Å². The molecule has 0 aliphatic carbocycles. The number of hydrogen-bond donors (Lipinski definition) is 3. The summed E-state index contributed by atoms with van der Waals surface area (Å²) in [5.74, 6) is -0.192. The molecule has 0 aliphatic rings. The summed E-state index contributed by atoms with van der Waals surface area (Å²) in [5, 5.41) is 22.7. The fraction of sp³-hybridized carbons (Fsp3) is 0.115. The van der Waals surface area contributed by atoms with E-state index in [0.29, 0.717) is 23.2 Å². The van der Waals surface area contributed by atoms with E-state index in [1.807, 2.05) is 67.0 Å². The fourth-order valence-electron chi connectivity index (χ4n) is 4.16. The number of hydrogen-bond acceptors (Lipinski definition) is 4. The summed E-state index contributed by atoms with van der Waals surface area (Å²) in [4.78, 5) is 23.8. The second kappa shape index (κ2) is 8.17. The number of nitrogens with one attached hydrogen (secondary N) is 2. The number of para-hydroxylation sites is 1. The average Bonchev–Trinajstić information content (AvgIpc) is 3.46. The highest BCUT2D eigenvalue weighted by Crippen LogP contribution is 2.24. The Labute approximate surface area is 189 Å². The van der Waals surface area contributed by atoms with Crippen molar-refractivity contribution in [1.29, 1.82) is 5.26 Å². The van der Waals surface area contributed by atoms with Gasteiger partial charge in [0.15, 0.2) is 0 Å². The Balaban J connectivity index is 1.52. The van der Waals surface area contributed by atoms with E-state index in [9.17, 15) is 15.2 Å². The Morgan fingerprint density at radius 2 is 2.00 bits per heavy atom. The van der Waals surface area contributed by atoms with Gasteiger partial charge in [0.25, 0.3) is 5.56 Å². The minimum Gasteiger partial charge on any atom is -0.494 e. The molecule has 0 bridgehead atoms. The third-order valence-electron chi connectivity index (χ3n) is 6.01. The summed E-state index contributed by atoms with van der Waals surface area (Å²) in [6.45, 7) is 1.89. The molecule has 0 fully saturated rings. The molecular weight excluding hydrogens is 414 g/mol. The first-order valence-corrected chi connectivity index (χ1v) is 10.6. The Hall–Kier alpha value is -4.57. The molecule has 0 saturated carbocycles. The van der Waals surface area contributed by atoms with Crippen molar-refractivity contribution in [3.8, 4) is 11.9 Å². The van der Waals surface area contributed by atoms with Gasteiger partial charge in [0.2, 0.25) is 5.88 Å². The summed E-state index contributed by atoms with van der Waals surface area (Å²) >= 11 is 0. The van der Waals surface area contributed by atoms with E-state index in [-0.39, 0.29) is 18.0 Å². The lowest BCUT2D eigenvalue weighted by atomic mass is 10.1. The lowest BCUT2D eigenvalue weighted by molar-refractivity contribution is 0.404. The summed E-state index contributed by atoms with van der Waals surface area (Å²) in [7, 11) is 0. The molecule has 7 nitrogen and oxygen atoms in total. The number of fused-ring (bicyclic) bond motifs is 2. The molecule has 3 N–H and O–H groups in total. The summed E-state index contributed by atoms with van der Waals surface area (Å²) < 4.78 is 1.25. The zero-order valence-electron chi connectivity index (χ0n) is 18.0. The summed E-state index contributed by atoms with van der Waals surface area (Å²) in [6.07, 6.45) is 5.80. The number of pyridine rings is 1. The van der Waals surface area contributed by atoms with Crippen LogP contribution < -0.4 is 5.56 Å². The Bertz CT molecular complexity index is 1630. The number of aromatic amines is 2. The molecule has 3 aromatic heterocycles. The molecule has 3 heterocycles. The lowest BCUT2D eigenvalue weighted by Crippen LogP contribution is -2.26. The van der Waals surface area contributed by atoms with Gasteiger partial charge in [-0.2, -0.15) is 5.26 Å². The maximum absolute atomic E-state index is 12.9. The molecule has 7 heteroatoms. The van der Waals surface area contributed by atoms with E-state index >= 15 is 0 Å². The number of nitriles is 1. The van der Waals surface area contributed by atoms with Crippen LogP contribution in [0.4, 0.5) is 5.69 Å². The van der Waals surface area contributed by atoms with Gasteiger partial charge in [-0.25, -0.2) is 0 Å². The van der Waals surface area contributed by atoms with Crippen molar-refractivity contribution >= 4 is 33.7 Å². The van der Waals surface area contributed by atoms with Crippen LogP contribution in [0.2, 0.25) is 0 Å². The van der Waals surface area contributed by atoms with Crippen LogP contribution >= 0.6 is 0 Å². The Kier molecular flexibility index (Phi) is 5.04. The third-order valence-corrected chi connectivity index (χ3v) is 6.01. The zero-order valence-corrected chi connectivity index (χ0v) is 18.0. The topological polar surface area (TPSA) is 110 Å². The zero-order chi connectivity index (χ0) is 22.9. The van der Waals surface area contributed by atoms with E-state index in [1.165, 1.54) is 10.8 Å².